The maximum absolute atomic E-state index is 11.1. The van der Waals surface area contributed by atoms with Gasteiger partial charge in [0.15, 0.2) is 0 Å². The van der Waals surface area contributed by atoms with Gasteiger partial charge >= 0.3 is 6.09 Å². The van der Waals surface area contributed by atoms with Crippen molar-refractivity contribution in [2.75, 3.05) is 13.1 Å². The van der Waals surface area contributed by atoms with E-state index < -0.39 is 6.09 Å². The molecular formula is C14H20N2O2. The highest BCUT2D eigenvalue weighted by Crippen LogP contribution is 2.28. The molecule has 0 radical (unpaired) electrons. The lowest BCUT2D eigenvalue weighted by Crippen LogP contribution is -2.46. The maximum Gasteiger partial charge on any atom is 0.405 e. The zero-order chi connectivity index (χ0) is 12.8. The van der Waals surface area contributed by atoms with E-state index in [9.17, 15) is 4.79 Å². The summed E-state index contributed by atoms with van der Waals surface area (Å²) in [5.41, 5.74) is 6.08. The van der Waals surface area contributed by atoms with Crippen LogP contribution in [0.1, 0.15) is 24.8 Å². The molecule has 0 saturated carbocycles. The molecule has 0 aliphatic carbocycles. The Hall–Kier alpha value is -1.55. The molecule has 0 spiro atoms. The van der Waals surface area contributed by atoms with Crippen molar-refractivity contribution in [3.8, 4) is 0 Å². The fraction of sp³-hybridized carbons (Fsp3) is 0.500. The fourth-order valence-electron chi connectivity index (χ4n) is 2.52. The van der Waals surface area contributed by atoms with Crippen LogP contribution in [0.3, 0.4) is 0 Å². The van der Waals surface area contributed by atoms with Gasteiger partial charge in [-0.2, -0.15) is 0 Å². The highest BCUT2D eigenvalue weighted by Gasteiger charge is 2.34. The van der Waals surface area contributed by atoms with Crippen LogP contribution in [0.2, 0.25) is 0 Å². The molecule has 0 bridgehead atoms. The Kier molecular flexibility index (Phi) is 4.20. The molecule has 4 heteroatoms. The molecule has 1 aliphatic heterocycles. The Labute approximate surface area is 108 Å². The number of rotatable bonds is 4. The third-order valence-corrected chi connectivity index (χ3v) is 3.54. The summed E-state index contributed by atoms with van der Waals surface area (Å²) in [5.74, 6) is 0. The van der Waals surface area contributed by atoms with Gasteiger partial charge in [-0.3, -0.25) is 0 Å². The van der Waals surface area contributed by atoms with Crippen molar-refractivity contribution in [1.29, 1.82) is 0 Å². The first-order valence-electron chi connectivity index (χ1n) is 6.43. The van der Waals surface area contributed by atoms with Crippen LogP contribution in [0.25, 0.3) is 0 Å². The molecule has 0 atom stereocenters. The van der Waals surface area contributed by atoms with Crippen LogP contribution in [-0.4, -0.2) is 24.8 Å². The Morgan fingerprint density at radius 2 is 1.94 bits per heavy atom. The van der Waals surface area contributed by atoms with E-state index in [-0.39, 0.29) is 5.60 Å². The average molecular weight is 248 g/mol. The summed E-state index contributed by atoms with van der Waals surface area (Å²) >= 11 is 0. The van der Waals surface area contributed by atoms with Crippen molar-refractivity contribution < 1.29 is 9.53 Å². The minimum atomic E-state index is -0.662. The van der Waals surface area contributed by atoms with E-state index in [1.165, 1.54) is 5.56 Å². The largest absolute Gasteiger partial charge is 0.443 e. The molecule has 18 heavy (non-hydrogen) atoms. The van der Waals surface area contributed by atoms with E-state index >= 15 is 0 Å². The topological polar surface area (TPSA) is 64.4 Å². The van der Waals surface area contributed by atoms with E-state index in [1.54, 1.807) is 0 Å². The number of benzene rings is 1. The average Bonchev–Trinajstić information content (AvgIpc) is 2.38. The van der Waals surface area contributed by atoms with Crippen LogP contribution in [0.4, 0.5) is 4.79 Å². The second-order valence-corrected chi connectivity index (χ2v) is 4.84. The van der Waals surface area contributed by atoms with E-state index in [0.29, 0.717) is 0 Å². The zero-order valence-electron chi connectivity index (χ0n) is 10.5. The number of nitrogens with two attached hydrogens (primary N) is 1. The molecule has 3 N–H and O–H groups in total. The third kappa shape index (κ3) is 3.47. The lowest BCUT2D eigenvalue weighted by molar-refractivity contribution is -0.0130. The molecule has 98 valence electrons. The van der Waals surface area contributed by atoms with Crippen LogP contribution in [-0.2, 0) is 11.2 Å². The highest BCUT2D eigenvalue weighted by molar-refractivity contribution is 5.65. The van der Waals surface area contributed by atoms with Gasteiger partial charge < -0.3 is 15.8 Å². The van der Waals surface area contributed by atoms with E-state index in [1.807, 2.05) is 18.2 Å². The molecule has 0 aromatic heterocycles. The first-order chi connectivity index (χ1) is 8.70. The summed E-state index contributed by atoms with van der Waals surface area (Å²) in [6.45, 7) is 1.75. The maximum atomic E-state index is 11.1. The van der Waals surface area contributed by atoms with Gasteiger partial charge in [0.25, 0.3) is 0 Å². The second kappa shape index (κ2) is 5.87. The van der Waals surface area contributed by atoms with E-state index in [4.69, 9.17) is 10.5 Å². The van der Waals surface area contributed by atoms with Crippen LogP contribution >= 0.6 is 0 Å². The number of hydrogen-bond acceptors (Lipinski definition) is 3. The van der Waals surface area contributed by atoms with Crippen molar-refractivity contribution in [3.63, 3.8) is 0 Å². The van der Waals surface area contributed by atoms with Crippen molar-refractivity contribution in [2.24, 2.45) is 5.73 Å². The number of carbonyl (C=O) groups is 1. The molecule has 1 fully saturated rings. The molecule has 1 aliphatic rings. The van der Waals surface area contributed by atoms with Gasteiger partial charge in [0.2, 0.25) is 0 Å². The number of piperidine rings is 1. The van der Waals surface area contributed by atoms with Crippen LogP contribution in [0.5, 0.6) is 0 Å². The molecule has 4 nitrogen and oxygen atoms in total. The smallest absolute Gasteiger partial charge is 0.405 e. The molecular weight excluding hydrogens is 228 g/mol. The Morgan fingerprint density at radius 1 is 1.28 bits per heavy atom. The van der Waals surface area contributed by atoms with Crippen LogP contribution < -0.4 is 11.1 Å². The Morgan fingerprint density at radius 3 is 2.56 bits per heavy atom. The standard InChI is InChI=1S/C14H20N2O2/c15-13(17)18-14(8-10-16-11-9-14)7-6-12-4-2-1-3-5-12/h1-5,16H,6-11H2,(H2,15,17). The zero-order valence-corrected chi connectivity index (χ0v) is 10.5. The molecule has 2 rings (SSSR count). The minimum Gasteiger partial charge on any atom is -0.443 e. The Bertz CT molecular complexity index is 386. The summed E-state index contributed by atoms with van der Waals surface area (Å²) in [6.07, 6.45) is 2.76. The molecule has 1 saturated heterocycles. The highest BCUT2D eigenvalue weighted by atomic mass is 16.6. The minimum absolute atomic E-state index is 0.382. The van der Waals surface area contributed by atoms with Gasteiger partial charge in [-0.25, -0.2) is 4.79 Å². The fourth-order valence-corrected chi connectivity index (χ4v) is 2.52. The van der Waals surface area contributed by atoms with Gasteiger partial charge in [-0.15, -0.1) is 0 Å². The molecule has 1 aromatic carbocycles. The van der Waals surface area contributed by atoms with Gasteiger partial charge in [-0.05, 0) is 44.3 Å². The van der Waals surface area contributed by atoms with Gasteiger partial charge in [0, 0.05) is 0 Å². The first kappa shape index (κ1) is 12.9. The van der Waals surface area contributed by atoms with Gasteiger partial charge in [-0.1, -0.05) is 30.3 Å². The van der Waals surface area contributed by atoms with Crippen molar-refractivity contribution in [3.05, 3.63) is 35.9 Å². The molecule has 1 heterocycles. The second-order valence-electron chi connectivity index (χ2n) is 4.84. The van der Waals surface area contributed by atoms with Gasteiger partial charge in [0.1, 0.15) is 5.60 Å². The number of ether oxygens (including phenoxy) is 1. The third-order valence-electron chi connectivity index (χ3n) is 3.54. The number of hydrogen-bond donors (Lipinski definition) is 2. The van der Waals surface area contributed by atoms with Crippen LogP contribution in [0, 0.1) is 0 Å². The van der Waals surface area contributed by atoms with E-state index in [2.05, 4.69) is 17.4 Å². The van der Waals surface area contributed by atoms with Crippen molar-refractivity contribution in [2.45, 2.75) is 31.3 Å². The predicted octanol–water partition coefficient (Wildman–Crippen LogP) is 1.84. The number of primary amides is 1. The first-order valence-corrected chi connectivity index (χ1v) is 6.43. The lowest BCUT2D eigenvalue weighted by atomic mass is 9.86. The summed E-state index contributed by atoms with van der Waals surface area (Å²) in [4.78, 5) is 11.1. The van der Waals surface area contributed by atoms with Crippen molar-refractivity contribution in [1.82, 2.24) is 5.32 Å². The molecule has 0 unspecified atom stereocenters. The number of aryl methyl sites for hydroxylation is 1. The quantitative estimate of drug-likeness (QED) is 0.854. The number of nitrogens with one attached hydrogen (secondary N) is 1. The summed E-state index contributed by atoms with van der Waals surface area (Å²) in [5, 5.41) is 3.28. The predicted molar refractivity (Wildman–Crippen MR) is 70.3 cm³/mol. The normalized spacial score (nSPS) is 18.2. The summed E-state index contributed by atoms with van der Waals surface area (Å²) in [6, 6.07) is 10.3. The monoisotopic (exact) mass is 248 g/mol. The Balaban J connectivity index is 1.99. The number of carbonyl (C=O) groups excluding carboxylic acids is 1. The van der Waals surface area contributed by atoms with Crippen molar-refractivity contribution >= 4 is 6.09 Å². The molecule has 1 aromatic rings. The lowest BCUT2D eigenvalue weighted by Gasteiger charge is -2.36. The summed E-state index contributed by atoms with van der Waals surface area (Å²) < 4.78 is 5.40. The van der Waals surface area contributed by atoms with E-state index in [0.717, 1.165) is 38.8 Å². The van der Waals surface area contributed by atoms with Gasteiger partial charge in [0.05, 0.1) is 0 Å². The number of amides is 1. The molecule has 1 amide bonds. The summed E-state index contributed by atoms with van der Waals surface area (Å²) in [7, 11) is 0. The SMILES string of the molecule is NC(=O)OC1(CCc2ccccc2)CCNCC1. The van der Waals surface area contributed by atoms with Crippen LogP contribution in [0.15, 0.2) is 30.3 Å².